The predicted octanol–water partition coefficient (Wildman–Crippen LogP) is 1.88. The molecule has 0 radical (unpaired) electrons. The first-order chi connectivity index (χ1) is 7.49. The molecule has 1 fully saturated rings. The van der Waals surface area contributed by atoms with Gasteiger partial charge in [0.1, 0.15) is 0 Å². The lowest BCUT2D eigenvalue weighted by atomic mass is 9.84. The Morgan fingerprint density at radius 3 is 2.38 bits per heavy atom. The van der Waals surface area contributed by atoms with E-state index in [4.69, 9.17) is 0 Å². The second kappa shape index (κ2) is 6.24. The molecule has 0 unspecified atom stereocenters. The lowest BCUT2D eigenvalue weighted by Crippen LogP contribution is -2.46. The predicted molar refractivity (Wildman–Crippen MR) is 67.3 cm³/mol. The Hall–Kier alpha value is -0.570. The Labute approximate surface area is 99.6 Å². The van der Waals surface area contributed by atoms with Gasteiger partial charge in [-0.25, -0.2) is 0 Å². The van der Waals surface area contributed by atoms with E-state index in [9.17, 15) is 4.79 Å². The van der Waals surface area contributed by atoms with Crippen molar-refractivity contribution in [1.29, 1.82) is 0 Å². The molecule has 3 nitrogen and oxygen atoms in total. The van der Waals surface area contributed by atoms with Crippen LogP contribution in [0, 0.1) is 11.8 Å². The van der Waals surface area contributed by atoms with E-state index in [0.29, 0.717) is 17.9 Å². The Morgan fingerprint density at radius 1 is 1.38 bits per heavy atom. The number of likely N-dealkylation sites (N-methyl/N-ethyl adjacent to an activating group) is 1. The average Bonchev–Trinajstić information content (AvgIpc) is 1.95. The number of nitrogens with one attached hydrogen (secondary N) is 1. The van der Waals surface area contributed by atoms with Crippen molar-refractivity contribution in [2.24, 2.45) is 11.8 Å². The fraction of sp³-hybridized carbons (Fsp3) is 0.923. The number of amides is 1. The molecule has 0 saturated heterocycles. The summed E-state index contributed by atoms with van der Waals surface area (Å²) >= 11 is 0. The van der Waals surface area contributed by atoms with E-state index in [1.807, 2.05) is 0 Å². The summed E-state index contributed by atoms with van der Waals surface area (Å²) in [4.78, 5) is 14.0. The van der Waals surface area contributed by atoms with Gasteiger partial charge in [-0.15, -0.1) is 0 Å². The summed E-state index contributed by atoms with van der Waals surface area (Å²) in [5, 5.41) is 3.20. The van der Waals surface area contributed by atoms with Crippen LogP contribution in [0.2, 0.25) is 0 Å². The smallest absolute Gasteiger partial charge is 0.223 e. The largest absolute Gasteiger partial charge is 0.352 e. The third-order valence-corrected chi connectivity index (χ3v) is 3.16. The third-order valence-electron chi connectivity index (χ3n) is 3.16. The number of hydrogen-bond acceptors (Lipinski definition) is 2. The molecular weight excluding hydrogens is 200 g/mol. The summed E-state index contributed by atoms with van der Waals surface area (Å²) in [7, 11) is 4.12. The van der Waals surface area contributed by atoms with Crippen LogP contribution in [0.4, 0.5) is 0 Å². The van der Waals surface area contributed by atoms with Gasteiger partial charge in [-0.2, -0.15) is 0 Å². The van der Waals surface area contributed by atoms with Gasteiger partial charge >= 0.3 is 0 Å². The highest BCUT2D eigenvalue weighted by Gasteiger charge is 2.27. The molecule has 0 aromatic heterocycles. The van der Waals surface area contributed by atoms with Gasteiger partial charge in [0.2, 0.25) is 5.91 Å². The van der Waals surface area contributed by atoms with Gasteiger partial charge in [-0.3, -0.25) is 4.79 Å². The molecule has 1 aliphatic rings. The highest BCUT2D eigenvalue weighted by atomic mass is 16.2. The summed E-state index contributed by atoms with van der Waals surface area (Å²) in [6, 6.07) is 0.308. The molecule has 0 bridgehead atoms. The average molecular weight is 226 g/mol. The number of carbonyl (C=O) groups is 1. The zero-order valence-electron chi connectivity index (χ0n) is 11.1. The van der Waals surface area contributed by atoms with Crippen molar-refractivity contribution in [2.45, 2.75) is 45.6 Å². The summed E-state index contributed by atoms with van der Waals surface area (Å²) < 4.78 is 0. The maximum absolute atomic E-state index is 11.9. The van der Waals surface area contributed by atoms with Crippen molar-refractivity contribution in [2.75, 3.05) is 20.6 Å². The Bertz CT molecular complexity index is 212. The second-order valence-electron chi connectivity index (χ2n) is 5.73. The van der Waals surface area contributed by atoms with Crippen molar-refractivity contribution in [3.8, 4) is 0 Å². The molecule has 1 saturated carbocycles. The number of rotatable bonds is 6. The van der Waals surface area contributed by atoms with E-state index in [2.05, 4.69) is 38.2 Å². The SMILES string of the molecule is CC(C)C[C@H](CN(C)C)NC(=O)C1CCC1. The molecule has 94 valence electrons. The Balaban J connectivity index is 2.38. The van der Waals surface area contributed by atoms with E-state index in [0.717, 1.165) is 25.8 Å². The van der Waals surface area contributed by atoms with Gasteiger partial charge < -0.3 is 10.2 Å². The second-order valence-corrected chi connectivity index (χ2v) is 5.73. The first-order valence-electron chi connectivity index (χ1n) is 6.44. The molecule has 1 aliphatic carbocycles. The highest BCUT2D eigenvalue weighted by Crippen LogP contribution is 2.26. The normalized spacial score (nSPS) is 18.6. The van der Waals surface area contributed by atoms with Crippen LogP contribution in [-0.4, -0.2) is 37.5 Å². The van der Waals surface area contributed by atoms with Gasteiger partial charge in [-0.1, -0.05) is 20.3 Å². The first-order valence-corrected chi connectivity index (χ1v) is 6.44. The molecule has 0 aromatic rings. The van der Waals surface area contributed by atoms with Crippen LogP contribution in [0.1, 0.15) is 39.5 Å². The zero-order valence-corrected chi connectivity index (χ0v) is 11.1. The molecule has 3 heteroatoms. The van der Waals surface area contributed by atoms with Crippen molar-refractivity contribution in [3.05, 3.63) is 0 Å². The molecule has 0 aromatic carbocycles. The fourth-order valence-electron chi connectivity index (χ4n) is 2.18. The van der Waals surface area contributed by atoms with Crippen LogP contribution >= 0.6 is 0 Å². The standard InChI is InChI=1S/C13H26N2O/c1-10(2)8-12(9-15(3)4)14-13(16)11-6-5-7-11/h10-12H,5-9H2,1-4H3,(H,14,16)/t12-/m1/s1. The van der Waals surface area contributed by atoms with Crippen LogP contribution in [0.5, 0.6) is 0 Å². The molecule has 1 N–H and O–H groups in total. The van der Waals surface area contributed by atoms with E-state index in [1.165, 1.54) is 6.42 Å². The zero-order chi connectivity index (χ0) is 12.1. The lowest BCUT2D eigenvalue weighted by Gasteiger charge is -2.29. The molecule has 0 heterocycles. The number of nitrogens with zero attached hydrogens (tertiary/aromatic N) is 1. The molecule has 1 rings (SSSR count). The van der Waals surface area contributed by atoms with Crippen LogP contribution in [-0.2, 0) is 4.79 Å². The van der Waals surface area contributed by atoms with E-state index >= 15 is 0 Å². The van der Waals surface area contributed by atoms with Gasteiger partial charge in [0.25, 0.3) is 0 Å². The quantitative estimate of drug-likeness (QED) is 0.750. The molecule has 0 aliphatic heterocycles. The van der Waals surface area contributed by atoms with Crippen molar-refractivity contribution >= 4 is 5.91 Å². The number of carbonyl (C=O) groups excluding carboxylic acids is 1. The maximum Gasteiger partial charge on any atom is 0.223 e. The summed E-state index contributed by atoms with van der Waals surface area (Å²) in [5.74, 6) is 1.21. The first kappa shape index (κ1) is 13.5. The minimum absolute atomic E-state index is 0.277. The topological polar surface area (TPSA) is 32.3 Å². The summed E-state index contributed by atoms with van der Waals surface area (Å²) in [5.41, 5.74) is 0. The van der Waals surface area contributed by atoms with Crippen LogP contribution in [0.25, 0.3) is 0 Å². The van der Waals surface area contributed by atoms with Gasteiger partial charge in [0.15, 0.2) is 0 Å². The monoisotopic (exact) mass is 226 g/mol. The Morgan fingerprint density at radius 2 is 2.00 bits per heavy atom. The van der Waals surface area contributed by atoms with E-state index < -0.39 is 0 Å². The van der Waals surface area contributed by atoms with Gasteiger partial charge in [-0.05, 0) is 39.3 Å². The van der Waals surface area contributed by atoms with Crippen LogP contribution < -0.4 is 5.32 Å². The number of hydrogen-bond donors (Lipinski definition) is 1. The third kappa shape index (κ3) is 4.52. The molecule has 1 amide bonds. The fourth-order valence-corrected chi connectivity index (χ4v) is 2.18. The van der Waals surface area contributed by atoms with Crippen LogP contribution in [0.15, 0.2) is 0 Å². The molecule has 0 spiro atoms. The molecule has 1 atom stereocenters. The molecule has 16 heavy (non-hydrogen) atoms. The molecular formula is C13H26N2O. The lowest BCUT2D eigenvalue weighted by molar-refractivity contribution is -0.128. The summed E-state index contributed by atoms with van der Waals surface area (Å²) in [6.45, 7) is 5.35. The van der Waals surface area contributed by atoms with Crippen LogP contribution in [0.3, 0.4) is 0 Å². The summed E-state index contributed by atoms with van der Waals surface area (Å²) in [6.07, 6.45) is 4.46. The van der Waals surface area contributed by atoms with E-state index in [1.54, 1.807) is 0 Å². The van der Waals surface area contributed by atoms with Crippen molar-refractivity contribution in [1.82, 2.24) is 10.2 Å². The minimum atomic E-state index is 0.277. The Kier molecular flexibility index (Phi) is 5.26. The van der Waals surface area contributed by atoms with Gasteiger partial charge in [0.05, 0.1) is 0 Å². The maximum atomic E-state index is 11.9. The van der Waals surface area contributed by atoms with E-state index in [-0.39, 0.29) is 5.91 Å². The highest BCUT2D eigenvalue weighted by molar-refractivity contribution is 5.79. The van der Waals surface area contributed by atoms with Crippen molar-refractivity contribution < 1.29 is 4.79 Å². The van der Waals surface area contributed by atoms with Crippen molar-refractivity contribution in [3.63, 3.8) is 0 Å². The van der Waals surface area contributed by atoms with Gasteiger partial charge in [0, 0.05) is 18.5 Å². The minimum Gasteiger partial charge on any atom is -0.352 e.